The fourth-order valence-corrected chi connectivity index (χ4v) is 2.39. The van der Waals surface area contributed by atoms with Crippen LogP contribution in [0.15, 0.2) is 24.3 Å². The van der Waals surface area contributed by atoms with Gasteiger partial charge in [0.1, 0.15) is 11.3 Å². The van der Waals surface area contributed by atoms with Gasteiger partial charge in [-0.15, -0.1) is 0 Å². The Morgan fingerprint density at radius 2 is 1.67 bits per heavy atom. The van der Waals surface area contributed by atoms with Crippen LogP contribution < -0.4 is 20.9 Å². The molecule has 0 aromatic heterocycles. The minimum atomic E-state index is -0.973. The highest BCUT2D eigenvalue weighted by molar-refractivity contribution is 6.06. The number of nitrogens with zero attached hydrogens (tertiary/aromatic N) is 1. The van der Waals surface area contributed by atoms with E-state index >= 15 is 0 Å². The molecule has 1 aliphatic heterocycles. The van der Waals surface area contributed by atoms with Gasteiger partial charge in [-0.25, -0.2) is 4.79 Å². The lowest BCUT2D eigenvalue weighted by Crippen LogP contribution is -2.44. The predicted molar refractivity (Wildman–Crippen MR) is 96.5 cm³/mol. The Hall–Kier alpha value is -3.10. The van der Waals surface area contributed by atoms with E-state index in [4.69, 9.17) is 4.74 Å². The summed E-state index contributed by atoms with van der Waals surface area (Å²) in [5, 5.41) is 2.53. The molecule has 0 aliphatic carbocycles. The molecule has 1 fully saturated rings. The zero-order chi connectivity index (χ0) is 20.0. The number of rotatable bonds is 7. The third-order valence-corrected chi connectivity index (χ3v) is 3.97. The molecule has 0 spiro atoms. The van der Waals surface area contributed by atoms with Crippen molar-refractivity contribution in [2.75, 3.05) is 13.2 Å². The zero-order valence-electron chi connectivity index (χ0n) is 15.6. The summed E-state index contributed by atoms with van der Waals surface area (Å²) in [5.41, 5.74) is 4.66. The van der Waals surface area contributed by atoms with Crippen LogP contribution in [0, 0.1) is 6.92 Å². The number of carbonyl (C=O) groups excluding carboxylic acids is 4. The van der Waals surface area contributed by atoms with Gasteiger partial charge in [0.2, 0.25) is 11.8 Å². The Morgan fingerprint density at radius 1 is 1.07 bits per heavy atom. The monoisotopic (exact) mass is 376 g/mol. The molecule has 0 unspecified atom stereocenters. The maximum atomic E-state index is 12.0. The molecule has 0 radical (unpaired) electrons. The van der Waals surface area contributed by atoms with E-state index in [1.165, 1.54) is 0 Å². The Labute approximate surface area is 157 Å². The maximum Gasteiger partial charge on any atom is 0.325 e. The van der Waals surface area contributed by atoms with E-state index in [-0.39, 0.29) is 26.0 Å². The third-order valence-electron chi connectivity index (χ3n) is 3.97. The Balaban J connectivity index is 1.63. The lowest BCUT2D eigenvalue weighted by atomic mass is 10.1. The number of hydrogen-bond acceptors (Lipinski definition) is 5. The quantitative estimate of drug-likeness (QED) is 0.477. The minimum absolute atomic E-state index is 0.0632. The van der Waals surface area contributed by atoms with Gasteiger partial charge in [-0.05, 0) is 32.9 Å². The first-order chi connectivity index (χ1) is 12.7. The molecule has 1 aromatic carbocycles. The Bertz CT molecular complexity index is 730. The lowest BCUT2D eigenvalue weighted by molar-refractivity contribution is -0.132. The van der Waals surface area contributed by atoms with Gasteiger partial charge in [-0.1, -0.05) is 17.7 Å². The van der Waals surface area contributed by atoms with Gasteiger partial charge in [0.25, 0.3) is 5.91 Å². The summed E-state index contributed by atoms with van der Waals surface area (Å²) in [6.07, 6.45) is -0.0508. The van der Waals surface area contributed by atoms with Crippen molar-refractivity contribution in [3.8, 4) is 5.75 Å². The van der Waals surface area contributed by atoms with E-state index in [1.807, 2.05) is 31.2 Å². The topological polar surface area (TPSA) is 117 Å². The number of nitrogens with one attached hydrogen (secondary N) is 3. The smallest absolute Gasteiger partial charge is 0.325 e. The van der Waals surface area contributed by atoms with Crippen LogP contribution in [-0.4, -0.2) is 47.3 Å². The number of hydrogen-bond donors (Lipinski definition) is 3. The maximum absolute atomic E-state index is 12.0. The van der Waals surface area contributed by atoms with Gasteiger partial charge in [-0.2, -0.15) is 0 Å². The van der Waals surface area contributed by atoms with E-state index in [0.717, 1.165) is 10.5 Å². The molecule has 9 nitrogen and oxygen atoms in total. The fraction of sp³-hybridized carbons (Fsp3) is 0.444. The number of imide groups is 1. The second-order valence-corrected chi connectivity index (χ2v) is 6.77. The average Bonchev–Trinajstić information content (AvgIpc) is 2.80. The summed E-state index contributed by atoms with van der Waals surface area (Å²) < 4.78 is 5.43. The summed E-state index contributed by atoms with van der Waals surface area (Å²) in [4.78, 5) is 48.2. The van der Waals surface area contributed by atoms with Crippen molar-refractivity contribution in [3.63, 3.8) is 0 Å². The molecule has 1 heterocycles. The molecule has 0 bridgehead atoms. The first-order valence-electron chi connectivity index (χ1n) is 8.60. The van der Waals surface area contributed by atoms with Gasteiger partial charge >= 0.3 is 6.03 Å². The molecule has 0 saturated carbocycles. The van der Waals surface area contributed by atoms with E-state index < -0.39 is 29.3 Å². The van der Waals surface area contributed by atoms with E-state index in [9.17, 15) is 19.2 Å². The minimum Gasteiger partial charge on any atom is -0.493 e. The van der Waals surface area contributed by atoms with Crippen LogP contribution in [0.1, 0.15) is 32.3 Å². The number of hydrazine groups is 1. The average molecular weight is 376 g/mol. The van der Waals surface area contributed by atoms with Crippen molar-refractivity contribution >= 4 is 23.8 Å². The molecule has 5 amide bonds. The van der Waals surface area contributed by atoms with Crippen LogP contribution in [-0.2, 0) is 14.4 Å². The van der Waals surface area contributed by atoms with Crippen LogP contribution in [0.25, 0.3) is 0 Å². The van der Waals surface area contributed by atoms with E-state index in [2.05, 4.69) is 16.2 Å². The second kappa shape index (κ2) is 8.52. The molecular formula is C18H24N4O5. The molecule has 1 aliphatic rings. The Kier molecular flexibility index (Phi) is 6.38. The summed E-state index contributed by atoms with van der Waals surface area (Å²) in [5.74, 6) is -0.647. The van der Waals surface area contributed by atoms with Crippen molar-refractivity contribution in [1.29, 1.82) is 0 Å². The first-order valence-corrected chi connectivity index (χ1v) is 8.60. The number of urea groups is 1. The summed E-state index contributed by atoms with van der Waals surface area (Å²) in [6, 6.07) is 6.90. The van der Waals surface area contributed by atoms with Crippen LogP contribution >= 0.6 is 0 Å². The van der Waals surface area contributed by atoms with Crippen LogP contribution in [0.5, 0.6) is 5.75 Å². The number of benzene rings is 1. The molecule has 3 N–H and O–H groups in total. The van der Waals surface area contributed by atoms with Crippen molar-refractivity contribution < 1.29 is 23.9 Å². The molecule has 27 heavy (non-hydrogen) atoms. The van der Waals surface area contributed by atoms with Crippen molar-refractivity contribution in [1.82, 2.24) is 21.1 Å². The largest absolute Gasteiger partial charge is 0.493 e. The third kappa shape index (κ3) is 5.70. The fourth-order valence-electron chi connectivity index (χ4n) is 2.39. The lowest BCUT2D eigenvalue weighted by Gasteiger charge is -2.15. The Morgan fingerprint density at radius 3 is 2.22 bits per heavy atom. The second-order valence-electron chi connectivity index (χ2n) is 6.77. The molecule has 2 rings (SSSR count). The number of carbonyl (C=O) groups is 4. The van der Waals surface area contributed by atoms with E-state index in [0.29, 0.717) is 5.75 Å². The van der Waals surface area contributed by atoms with E-state index in [1.54, 1.807) is 13.8 Å². The van der Waals surface area contributed by atoms with Crippen molar-refractivity contribution in [3.05, 3.63) is 29.8 Å². The highest BCUT2D eigenvalue weighted by Gasteiger charge is 2.43. The van der Waals surface area contributed by atoms with Crippen molar-refractivity contribution in [2.45, 2.75) is 39.2 Å². The normalized spacial score (nSPS) is 15.3. The zero-order valence-corrected chi connectivity index (χ0v) is 15.6. The predicted octanol–water partition coefficient (Wildman–Crippen LogP) is 0.632. The van der Waals surface area contributed by atoms with Gasteiger partial charge < -0.3 is 10.1 Å². The van der Waals surface area contributed by atoms with Gasteiger partial charge in [-0.3, -0.25) is 30.1 Å². The summed E-state index contributed by atoms with van der Waals surface area (Å²) >= 11 is 0. The highest BCUT2D eigenvalue weighted by Crippen LogP contribution is 2.16. The molecular weight excluding hydrogens is 352 g/mol. The van der Waals surface area contributed by atoms with Gasteiger partial charge in [0.05, 0.1) is 13.0 Å². The molecule has 9 heteroatoms. The first kappa shape index (κ1) is 20.2. The summed E-state index contributed by atoms with van der Waals surface area (Å²) in [6.45, 7) is 5.25. The van der Waals surface area contributed by atoms with Crippen LogP contribution in [0.3, 0.4) is 0 Å². The van der Waals surface area contributed by atoms with Crippen LogP contribution in [0.4, 0.5) is 4.79 Å². The molecule has 146 valence electrons. The van der Waals surface area contributed by atoms with Crippen molar-refractivity contribution in [2.24, 2.45) is 0 Å². The summed E-state index contributed by atoms with van der Waals surface area (Å²) in [7, 11) is 0. The standard InChI is InChI=1S/C18H24N4O5/c1-12-4-6-13(7-5-12)27-11-9-15(24)21-20-14(23)8-10-22-16(25)18(2,3)19-17(22)26/h4-7H,8-11H2,1-3H3,(H,19,26)(H,20,23)(H,21,24). The van der Waals surface area contributed by atoms with Crippen LogP contribution in [0.2, 0.25) is 0 Å². The number of amides is 5. The highest BCUT2D eigenvalue weighted by atomic mass is 16.5. The molecule has 1 saturated heterocycles. The SMILES string of the molecule is Cc1ccc(OCCC(=O)NNC(=O)CCN2C(=O)NC(C)(C)C2=O)cc1. The number of ether oxygens (including phenoxy) is 1. The molecule has 0 atom stereocenters. The van der Waals surface area contributed by atoms with Gasteiger partial charge in [0, 0.05) is 13.0 Å². The molecule has 1 aromatic rings. The number of aryl methyl sites for hydroxylation is 1. The van der Waals surface area contributed by atoms with Gasteiger partial charge in [0.15, 0.2) is 0 Å².